The monoisotopic (exact) mass is 390 g/mol. The van der Waals surface area contributed by atoms with Crippen LogP contribution in [-0.4, -0.2) is 18.9 Å². The van der Waals surface area contributed by atoms with Crippen LogP contribution in [0.25, 0.3) is 6.08 Å². The average Bonchev–Trinajstić information content (AvgIpc) is 3.02. The maximum atomic E-state index is 13.4. The Kier molecular flexibility index (Phi) is 4.83. The Hall–Kier alpha value is -3.93. The predicted molar refractivity (Wildman–Crippen MR) is 104 cm³/mol. The molecule has 0 fully saturated rings. The highest BCUT2D eigenvalue weighted by molar-refractivity contribution is 6.14. The quantitative estimate of drug-likeness (QED) is 0.368. The predicted octanol–water partition coefficient (Wildman–Crippen LogP) is 4.67. The zero-order valence-electron chi connectivity index (χ0n) is 15.3. The third-order valence-corrected chi connectivity index (χ3v) is 4.30. The number of allylic oxidation sites excluding steroid dienone is 1. The molecule has 144 valence electrons. The van der Waals surface area contributed by atoms with Crippen molar-refractivity contribution in [1.82, 2.24) is 0 Å². The molecule has 0 saturated carbocycles. The molecule has 0 unspecified atom stereocenters. The number of methoxy groups -OCH3 is 1. The van der Waals surface area contributed by atoms with Crippen molar-refractivity contribution in [3.05, 3.63) is 95.0 Å². The van der Waals surface area contributed by atoms with Crippen molar-refractivity contribution in [1.29, 1.82) is 0 Å². The fraction of sp³-hybridized carbons (Fsp3) is 0.0435. The van der Waals surface area contributed by atoms with Crippen LogP contribution in [0.3, 0.4) is 0 Å². The number of ketones is 1. The van der Waals surface area contributed by atoms with Gasteiger partial charge in [-0.05, 0) is 54.1 Å². The van der Waals surface area contributed by atoms with E-state index in [1.165, 1.54) is 43.5 Å². The Balaban J connectivity index is 1.55. The van der Waals surface area contributed by atoms with Crippen molar-refractivity contribution in [2.75, 3.05) is 7.11 Å². The molecule has 0 bridgehead atoms. The molecule has 0 atom stereocenters. The minimum absolute atomic E-state index is 0.0712. The van der Waals surface area contributed by atoms with Crippen LogP contribution in [0, 0.1) is 5.82 Å². The standard InChI is InChI=1S/C23H15FO5/c1-27-17-7-3-5-15(12-17)23(26)28-18-8-9-19-20(13-18)29-21(22(19)25)11-14-4-2-6-16(24)10-14/h2-13H,1H3/b21-11+. The molecule has 0 aliphatic carbocycles. The van der Waals surface area contributed by atoms with Crippen LogP contribution in [0.5, 0.6) is 17.2 Å². The summed E-state index contributed by atoms with van der Waals surface area (Å²) in [5.41, 5.74) is 1.17. The second-order valence-electron chi connectivity index (χ2n) is 6.27. The molecule has 1 heterocycles. The van der Waals surface area contributed by atoms with Crippen LogP contribution < -0.4 is 14.2 Å². The van der Waals surface area contributed by atoms with Gasteiger partial charge in [-0.25, -0.2) is 9.18 Å². The molecule has 0 amide bonds. The molecule has 1 aliphatic rings. The molecule has 5 nitrogen and oxygen atoms in total. The number of hydrogen-bond acceptors (Lipinski definition) is 5. The number of Topliss-reactive ketones (excluding diaryl/α,β-unsaturated/α-hetero) is 1. The van der Waals surface area contributed by atoms with Crippen LogP contribution >= 0.6 is 0 Å². The first-order chi connectivity index (χ1) is 14.0. The van der Waals surface area contributed by atoms with E-state index < -0.39 is 11.8 Å². The number of carbonyl (C=O) groups is 2. The van der Waals surface area contributed by atoms with Gasteiger partial charge in [0.1, 0.15) is 23.1 Å². The topological polar surface area (TPSA) is 61.8 Å². The number of esters is 1. The normalized spacial score (nSPS) is 13.7. The van der Waals surface area contributed by atoms with E-state index in [0.29, 0.717) is 22.4 Å². The molecular formula is C23H15FO5. The number of fused-ring (bicyclic) bond motifs is 1. The maximum Gasteiger partial charge on any atom is 0.343 e. The van der Waals surface area contributed by atoms with Gasteiger partial charge in [0.15, 0.2) is 5.76 Å². The zero-order chi connectivity index (χ0) is 20.4. The summed E-state index contributed by atoms with van der Waals surface area (Å²) in [7, 11) is 1.51. The molecule has 1 aliphatic heterocycles. The van der Waals surface area contributed by atoms with E-state index in [1.807, 2.05) is 0 Å². The van der Waals surface area contributed by atoms with Crippen LogP contribution in [0.2, 0.25) is 0 Å². The van der Waals surface area contributed by atoms with Gasteiger partial charge in [-0.1, -0.05) is 18.2 Å². The number of rotatable bonds is 4. The fourth-order valence-corrected chi connectivity index (χ4v) is 2.89. The largest absolute Gasteiger partial charge is 0.497 e. The lowest BCUT2D eigenvalue weighted by Gasteiger charge is -2.07. The van der Waals surface area contributed by atoms with Gasteiger partial charge in [-0.15, -0.1) is 0 Å². The highest BCUT2D eigenvalue weighted by Gasteiger charge is 2.28. The van der Waals surface area contributed by atoms with E-state index in [-0.39, 0.29) is 23.0 Å². The Morgan fingerprint density at radius 3 is 2.62 bits per heavy atom. The fourth-order valence-electron chi connectivity index (χ4n) is 2.89. The lowest BCUT2D eigenvalue weighted by Crippen LogP contribution is -2.08. The van der Waals surface area contributed by atoms with E-state index in [2.05, 4.69) is 0 Å². The molecule has 3 aromatic carbocycles. The van der Waals surface area contributed by atoms with Gasteiger partial charge in [0.2, 0.25) is 5.78 Å². The highest BCUT2D eigenvalue weighted by atomic mass is 19.1. The van der Waals surface area contributed by atoms with Gasteiger partial charge < -0.3 is 14.2 Å². The van der Waals surface area contributed by atoms with E-state index in [1.54, 1.807) is 36.4 Å². The summed E-state index contributed by atoms with van der Waals surface area (Å²) in [5.74, 6) is -0.186. The summed E-state index contributed by atoms with van der Waals surface area (Å²) in [6.07, 6.45) is 1.47. The molecular weight excluding hydrogens is 375 g/mol. The summed E-state index contributed by atoms with van der Waals surface area (Å²) in [6.45, 7) is 0. The number of halogens is 1. The minimum atomic E-state index is -0.566. The lowest BCUT2D eigenvalue weighted by atomic mass is 10.1. The molecule has 0 N–H and O–H groups in total. The molecule has 6 heteroatoms. The first-order valence-corrected chi connectivity index (χ1v) is 8.73. The van der Waals surface area contributed by atoms with E-state index in [4.69, 9.17) is 14.2 Å². The van der Waals surface area contributed by atoms with Gasteiger partial charge in [0.25, 0.3) is 0 Å². The van der Waals surface area contributed by atoms with Crippen LogP contribution in [-0.2, 0) is 0 Å². The van der Waals surface area contributed by atoms with Crippen LogP contribution in [0.4, 0.5) is 4.39 Å². The van der Waals surface area contributed by atoms with Crippen molar-refractivity contribution >= 4 is 17.8 Å². The Morgan fingerprint density at radius 2 is 1.83 bits per heavy atom. The van der Waals surface area contributed by atoms with Gasteiger partial charge in [0, 0.05) is 6.07 Å². The second-order valence-corrected chi connectivity index (χ2v) is 6.27. The minimum Gasteiger partial charge on any atom is -0.497 e. The SMILES string of the molecule is COc1cccc(C(=O)Oc2ccc3c(c2)O/C(=C/c2cccc(F)c2)C3=O)c1. The number of ether oxygens (including phenoxy) is 3. The Labute approximate surface area is 166 Å². The third-order valence-electron chi connectivity index (χ3n) is 4.30. The highest BCUT2D eigenvalue weighted by Crippen LogP contribution is 2.35. The molecule has 0 spiro atoms. The summed E-state index contributed by atoms with van der Waals surface area (Å²) in [6, 6.07) is 16.9. The van der Waals surface area contributed by atoms with Crippen molar-refractivity contribution < 1.29 is 28.2 Å². The molecule has 29 heavy (non-hydrogen) atoms. The van der Waals surface area contributed by atoms with Crippen LogP contribution in [0.15, 0.2) is 72.5 Å². The Bertz CT molecular complexity index is 1150. The second kappa shape index (κ2) is 7.59. The number of carbonyl (C=O) groups excluding carboxylic acids is 2. The number of hydrogen-bond donors (Lipinski definition) is 0. The van der Waals surface area contributed by atoms with E-state index >= 15 is 0 Å². The first-order valence-electron chi connectivity index (χ1n) is 8.73. The zero-order valence-corrected chi connectivity index (χ0v) is 15.3. The molecule has 3 aromatic rings. The maximum absolute atomic E-state index is 13.4. The van der Waals surface area contributed by atoms with E-state index in [0.717, 1.165) is 0 Å². The first kappa shape index (κ1) is 18.4. The average molecular weight is 390 g/mol. The molecule has 0 saturated heterocycles. The van der Waals surface area contributed by atoms with Crippen molar-refractivity contribution in [3.63, 3.8) is 0 Å². The van der Waals surface area contributed by atoms with E-state index in [9.17, 15) is 14.0 Å². The van der Waals surface area contributed by atoms with Gasteiger partial charge in [-0.2, -0.15) is 0 Å². The lowest BCUT2D eigenvalue weighted by molar-refractivity contribution is 0.0734. The van der Waals surface area contributed by atoms with Crippen molar-refractivity contribution in [3.8, 4) is 17.2 Å². The van der Waals surface area contributed by atoms with Crippen molar-refractivity contribution in [2.24, 2.45) is 0 Å². The third kappa shape index (κ3) is 3.87. The molecule has 4 rings (SSSR count). The summed E-state index contributed by atoms with van der Waals surface area (Å²) < 4.78 is 29.4. The molecule has 0 aromatic heterocycles. The summed E-state index contributed by atoms with van der Waals surface area (Å²) in [4.78, 5) is 24.9. The van der Waals surface area contributed by atoms with Gasteiger partial charge in [-0.3, -0.25) is 4.79 Å². The Morgan fingerprint density at radius 1 is 1.00 bits per heavy atom. The summed E-state index contributed by atoms with van der Waals surface area (Å²) >= 11 is 0. The van der Waals surface area contributed by atoms with Gasteiger partial charge >= 0.3 is 5.97 Å². The number of benzene rings is 3. The van der Waals surface area contributed by atoms with Crippen molar-refractivity contribution in [2.45, 2.75) is 0 Å². The molecule has 0 radical (unpaired) electrons. The van der Waals surface area contributed by atoms with Gasteiger partial charge in [0.05, 0.1) is 18.2 Å². The summed E-state index contributed by atoms with van der Waals surface area (Å²) in [5, 5.41) is 0. The smallest absolute Gasteiger partial charge is 0.343 e. The van der Waals surface area contributed by atoms with Crippen LogP contribution in [0.1, 0.15) is 26.3 Å².